The van der Waals surface area contributed by atoms with Gasteiger partial charge in [0.05, 0.1) is 31.0 Å². The van der Waals surface area contributed by atoms with Crippen LogP contribution in [-0.4, -0.2) is 16.5 Å². The zero-order valence-corrected chi connectivity index (χ0v) is 12.3. The fourth-order valence-corrected chi connectivity index (χ4v) is 2.50. The van der Waals surface area contributed by atoms with Crippen LogP contribution < -0.4 is 10.5 Å². The van der Waals surface area contributed by atoms with Gasteiger partial charge in [-0.3, -0.25) is 0 Å². The van der Waals surface area contributed by atoms with Crippen LogP contribution in [0.3, 0.4) is 0 Å². The number of fused-ring (bicyclic) bond motifs is 1. The molecule has 0 aliphatic rings. The van der Waals surface area contributed by atoms with Gasteiger partial charge in [-0.25, -0.2) is 4.98 Å². The zero-order valence-electron chi connectivity index (χ0n) is 12.3. The normalized spacial score (nSPS) is 10.5. The van der Waals surface area contributed by atoms with Crippen molar-refractivity contribution in [1.82, 2.24) is 9.38 Å². The van der Waals surface area contributed by atoms with E-state index in [2.05, 4.69) is 11.1 Å². The summed E-state index contributed by atoms with van der Waals surface area (Å²) in [7, 11) is 1.65. The van der Waals surface area contributed by atoms with E-state index in [-0.39, 0.29) is 0 Å². The van der Waals surface area contributed by atoms with Gasteiger partial charge in [0.15, 0.2) is 0 Å². The van der Waals surface area contributed by atoms with E-state index in [0.29, 0.717) is 18.5 Å². The molecule has 0 amide bonds. The maximum Gasteiger partial charge on any atom is 0.137 e. The lowest BCUT2D eigenvalue weighted by atomic mass is 10.1. The van der Waals surface area contributed by atoms with Crippen LogP contribution in [0.1, 0.15) is 17.0 Å². The Hall–Kier alpha value is -3.00. The Morgan fingerprint density at radius 1 is 1.23 bits per heavy atom. The summed E-state index contributed by atoms with van der Waals surface area (Å²) in [6.07, 6.45) is 2.78. The number of imidazole rings is 1. The first-order valence-corrected chi connectivity index (χ1v) is 6.96. The third kappa shape index (κ3) is 2.59. The van der Waals surface area contributed by atoms with Crippen LogP contribution in [0.2, 0.25) is 0 Å². The summed E-state index contributed by atoms with van der Waals surface area (Å²) in [6.45, 7) is 0. The lowest BCUT2D eigenvalue weighted by Crippen LogP contribution is -1.98. The number of methoxy groups -OCH3 is 1. The number of hydrogen-bond acceptors (Lipinski definition) is 4. The summed E-state index contributed by atoms with van der Waals surface area (Å²) >= 11 is 0. The van der Waals surface area contributed by atoms with Gasteiger partial charge in [-0.05, 0) is 29.8 Å². The highest BCUT2D eigenvalue weighted by molar-refractivity contribution is 5.51. The van der Waals surface area contributed by atoms with Gasteiger partial charge >= 0.3 is 0 Å². The van der Waals surface area contributed by atoms with E-state index in [4.69, 9.17) is 15.7 Å². The van der Waals surface area contributed by atoms with Crippen LogP contribution >= 0.6 is 0 Å². The first kappa shape index (κ1) is 14.0. The molecule has 0 atom stereocenters. The number of rotatable bonds is 4. The number of aromatic nitrogens is 2. The molecule has 0 aliphatic carbocycles. The van der Waals surface area contributed by atoms with Gasteiger partial charge in [0.1, 0.15) is 11.4 Å². The van der Waals surface area contributed by atoms with Gasteiger partial charge in [0.2, 0.25) is 0 Å². The molecule has 0 unspecified atom stereocenters. The minimum Gasteiger partial charge on any atom is -0.497 e. The van der Waals surface area contributed by atoms with Crippen LogP contribution in [-0.2, 0) is 12.8 Å². The summed E-state index contributed by atoms with van der Waals surface area (Å²) in [4.78, 5) is 4.64. The molecule has 5 heteroatoms. The lowest BCUT2D eigenvalue weighted by Gasteiger charge is -2.04. The van der Waals surface area contributed by atoms with Gasteiger partial charge in [-0.1, -0.05) is 12.1 Å². The van der Waals surface area contributed by atoms with E-state index in [1.54, 1.807) is 7.11 Å². The maximum absolute atomic E-state index is 9.09. The van der Waals surface area contributed by atoms with E-state index in [1.165, 1.54) is 0 Å². The van der Waals surface area contributed by atoms with Gasteiger partial charge in [-0.15, -0.1) is 0 Å². The van der Waals surface area contributed by atoms with E-state index in [1.807, 2.05) is 47.0 Å². The molecule has 0 bridgehead atoms. The summed E-state index contributed by atoms with van der Waals surface area (Å²) in [5.74, 6) is 0.823. The third-order valence-electron chi connectivity index (χ3n) is 3.60. The SMILES string of the molecule is COc1ccc(Cc2nc3ccc(N)cn3c2CC#N)cc1. The van der Waals surface area contributed by atoms with Crippen molar-refractivity contribution < 1.29 is 4.74 Å². The first-order valence-electron chi connectivity index (χ1n) is 6.96. The van der Waals surface area contributed by atoms with Gasteiger partial charge in [0.25, 0.3) is 0 Å². The van der Waals surface area contributed by atoms with Crippen molar-refractivity contribution in [1.29, 1.82) is 5.26 Å². The summed E-state index contributed by atoms with van der Waals surface area (Å²) in [5, 5.41) is 9.09. The van der Waals surface area contributed by atoms with Crippen LogP contribution in [0, 0.1) is 11.3 Å². The number of pyridine rings is 1. The summed E-state index contributed by atoms with van der Waals surface area (Å²) in [6, 6.07) is 13.8. The number of nitriles is 1. The van der Waals surface area contributed by atoms with Crippen molar-refractivity contribution in [2.75, 3.05) is 12.8 Å². The first-order chi connectivity index (χ1) is 10.7. The number of nitrogens with two attached hydrogens (primary N) is 1. The Morgan fingerprint density at radius 2 is 2.00 bits per heavy atom. The molecule has 3 aromatic rings. The highest BCUT2D eigenvalue weighted by atomic mass is 16.5. The van der Waals surface area contributed by atoms with Crippen molar-refractivity contribution in [2.24, 2.45) is 0 Å². The minimum absolute atomic E-state index is 0.302. The molecule has 2 heterocycles. The van der Waals surface area contributed by atoms with Gasteiger partial charge < -0.3 is 14.9 Å². The second-order valence-electron chi connectivity index (χ2n) is 5.06. The number of benzene rings is 1. The molecule has 22 heavy (non-hydrogen) atoms. The second-order valence-corrected chi connectivity index (χ2v) is 5.06. The quantitative estimate of drug-likeness (QED) is 0.802. The second kappa shape index (κ2) is 5.78. The summed E-state index contributed by atoms with van der Waals surface area (Å²) < 4.78 is 7.07. The van der Waals surface area contributed by atoms with Crippen molar-refractivity contribution in [3.05, 3.63) is 59.5 Å². The molecule has 2 aromatic heterocycles. The number of hydrogen-bond donors (Lipinski definition) is 1. The van der Waals surface area contributed by atoms with Crippen LogP contribution in [0.25, 0.3) is 5.65 Å². The number of nitrogen functional groups attached to an aromatic ring is 1. The Labute approximate surface area is 128 Å². The molecule has 0 spiro atoms. The van der Waals surface area contributed by atoms with Crippen LogP contribution in [0.4, 0.5) is 5.69 Å². The molecule has 0 saturated carbocycles. The monoisotopic (exact) mass is 292 g/mol. The fourth-order valence-electron chi connectivity index (χ4n) is 2.50. The molecule has 0 saturated heterocycles. The predicted molar refractivity (Wildman–Crippen MR) is 84.7 cm³/mol. The maximum atomic E-state index is 9.09. The number of ether oxygens (including phenoxy) is 1. The van der Waals surface area contributed by atoms with E-state index in [9.17, 15) is 0 Å². The van der Waals surface area contributed by atoms with Crippen LogP contribution in [0.5, 0.6) is 5.75 Å². The van der Waals surface area contributed by atoms with Crippen molar-refractivity contribution in [3.63, 3.8) is 0 Å². The van der Waals surface area contributed by atoms with E-state index < -0.39 is 0 Å². The Morgan fingerprint density at radius 3 is 2.68 bits per heavy atom. The van der Waals surface area contributed by atoms with Crippen LogP contribution in [0.15, 0.2) is 42.6 Å². The highest BCUT2D eigenvalue weighted by Crippen LogP contribution is 2.20. The molecule has 0 fully saturated rings. The molecule has 1 aromatic carbocycles. The zero-order chi connectivity index (χ0) is 15.5. The smallest absolute Gasteiger partial charge is 0.137 e. The molecular formula is C17H16N4O. The molecule has 110 valence electrons. The molecule has 2 N–H and O–H groups in total. The fraction of sp³-hybridized carbons (Fsp3) is 0.176. The Balaban J connectivity index is 2.01. The molecule has 0 radical (unpaired) electrons. The molecule has 5 nitrogen and oxygen atoms in total. The molecular weight excluding hydrogens is 276 g/mol. The minimum atomic E-state index is 0.302. The van der Waals surface area contributed by atoms with Crippen molar-refractivity contribution in [2.45, 2.75) is 12.8 Å². The van der Waals surface area contributed by atoms with Gasteiger partial charge in [-0.2, -0.15) is 5.26 Å². The average Bonchev–Trinajstić information content (AvgIpc) is 2.86. The highest BCUT2D eigenvalue weighted by Gasteiger charge is 2.12. The Kier molecular flexibility index (Phi) is 3.67. The van der Waals surface area contributed by atoms with Gasteiger partial charge in [0, 0.05) is 18.3 Å². The number of nitrogens with zero attached hydrogens (tertiary/aromatic N) is 3. The number of anilines is 1. The van der Waals surface area contributed by atoms with Crippen molar-refractivity contribution in [3.8, 4) is 11.8 Å². The summed E-state index contributed by atoms with van der Waals surface area (Å²) in [5.41, 5.74) is 10.2. The topological polar surface area (TPSA) is 76.3 Å². The Bertz CT molecular complexity index is 843. The largest absolute Gasteiger partial charge is 0.497 e. The lowest BCUT2D eigenvalue weighted by molar-refractivity contribution is 0.414. The molecule has 3 rings (SSSR count). The average molecular weight is 292 g/mol. The predicted octanol–water partition coefficient (Wildman–Crippen LogP) is 2.58. The molecule has 0 aliphatic heterocycles. The van der Waals surface area contributed by atoms with Crippen molar-refractivity contribution >= 4 is 11.3 Å². The third-order valence-corrected chi connectivity index (χ3v) is 3.60. The standard InChI is InChI=1S/C17H16N4O/c1-22-14-5-2-12(3-6-14)10-15-16(8-9-18)21-11-13(19)4-7-17(21)20-15/h2-7,11H,8,10,19H2,1H3. The van der Waals surface area contributed by atoms with E-state index >= 15 is 0 Å². The van der Waals surface area contributed by atoms with E-state index in [0.717, 1.165) is 28.3 Å².